The van der Waals surface area contributed by atoms with E-state index in [1.54, 1.807) is 0 Å². The average Bonchev–Trinajstić information content (AvgIpc) is 2.39. The van der Waals surface area contributed by atoms with Gasteiger partial charge in [-0.3, -0.25) is 14.9 Å². The smallest absolute Gasteiger partial charge is 0.288 e. The predicted molar refractivity (Wildman–Crippen MR) is 74.5 cm³/mol. The van der Waals surface area contributed by atoms with Crippen LogP contribution in [0.3, 0.4) is 0 Å². The van der Waals surface area contributed by atoms with E-state index in [2.05, 4.69) is 19.2 Å². The zero-order chi connectivity index (χ0) is 14.4. The summed E-state index contributed by atoms with van der Waals surface area (Å²) in [7, 11) is 0. The van der Waals surface area contributed by atoms with Crippen molar-refractivity contribution in [2.75, 3.05) is 6.54 Å². The standard InChI is InChI=1S/C13H17ClN2O3/c1-3-9(4-2)8-15-13(17)10-5-6-11(14)12(7-10)16(18)19/h5-7,9H,3-4,8H2,1-2H3,(H,15,17). The van der Waals surface area contributed by atoms with Crippen molar-refractivity contribution in [2.45, 2.75) is 26.7 Å². The molecule has 19 heavy (non-hydrogen) atoms. The van der Waals surface area contributed by atoms with Crippen molar-refractivity contribution < 1.29 is 9.72 Å². The monoisotopic (exact) mass is 284 g/mol. The summed E-state index contributed by atoms with van der Waals surface area (Å²) in [5.41, 5.74) is -0.00101. The van der Waals surface area contributed by atoms with Crippen molar-refractivity contribution >= 4 is 23.2 Å². The van der Waals surface area contributed by atoms with Crippen LogP contribution in [-0.2, 0) is 0 Å². The second-order valence-electron chi connectivity index (χ2n) is 4.32. The van der Waals surface area contributed by atoms with Gasteiger partial charge < -0.3 is 5.32 Å². The van der Waals surface area contributed by atoms with Crippen LogP contribution < -0.4 is 5.32 Å². The van der Waals surface area contributed by atoms with E-state index in [1.807, 2.05) is 0 Å². The van der Waals surface area contributed by atoms with Gasteiger partial charge in [0.05, 0.1) is 4.92 Å². The van der Waals surface area contributed by atoms with Gasteiger partial charge in [0.1, 0.15) is 5.02 Å². The highest BCUT2D eigenvalue weighted by Gasteiger charge is 2.16. The molecular weight excluding hydrogens is 268 g/mol. The first-order valence-electron chi connectivity index (χ1n) is 6.21. The number of benzene rings is 1. The van der Waals surface area contributed by atoms with Gasteiger partial charge >= 0.3 is 0 Å². The fourth-order valence-corrected chi connectivity index (χ4v) is 1.90. The summed E-state index contributed by atoms with van der Waals surface area (Å²) < 4.78 is 0. The van der Waals surface area contributed by atoms with Crippen LogP contribution in [0.15, 0.2) is 18.2 Å². The molecule has 0 heterocycles. The van der Waals surface area contributed by atoms with Crippen molar-refractivity contribution in [3.63, 3.8) is 0 Å². The van der Waals surface area contributed by atoms with Crippen molar-refractivity contribution in [2.24, 2.45) is 5.92 Å². The molecule has 1 rings (SSSR count). The van der Waals surface area contributed by atoms with Gasteiger partial charge in [-0.1, -0.05) is 38.3 Å². The van der Waals surface area contributed by atoms with Gasteiger partial charge in [-0.25, -0.2) is 0 Å². The summed E-state index contributed by atoms with van der Waals surface area (Å²) in [5.74, 6) is 0.109. The molecule has 6 heteroatoms. The average molecular weight is 285 g/mol. The van der Waals surface area contributed by atoms with Crippen LogP contribution in [0.25, 0.3) is 0 Å². The summed E-state index contributed by atoms with van der Waals surface area (Å²) in [6.45, 7) is 4.70. The lowest BCUT2D eigenvalue weighted by molar-refractivity contribution is -0.384. The van der Waals surface area contributed by atoms with Gasteiger partial charge in [0.25, 0.3) is 11.6 Å². The maximum absolute atomic E-state index is 11.9. The van der Waals surface area contributed by atoms with Crippen molar-refractivity contribution in [3.8, 4) is 0 Å². The molecule has 0 aliphatic heterocycles. The van der Waals surface area contributed by atoms with Crippen LogP contribution >= 0.6 is 11.6 Å². The van der Waals surface area contributed by atoms with E-state index in [-0.39, 0.29) is 22.2 Å². The lowest BCUT2D eigenvalue weighted by Crippen LogP contribution is -2.28. The third kappa shape index (κ3) is 4.21. The van der Waals surface area contributed by atoms with Crippen LogP contribution in [0, 0.1) is 16.0 Å². The number of rotatable bonds is 6. The number of nitrogens with zero attached hydrogens (tertiary/aromatic N) is 1. The first-order chi connectivity index (χ1) is 8.99. The van der Waals surface area contributed by atoms with E-state index in [0.29, 0.717) is 12.5 Å². The van der Waals surface area contributed by atoms with Crippen LogP contribution in [0.1, 0.15) is 37.0 Å². The van der Waals surface area contributed by atoms with E-state index in [1.165, 1.54) is 18.2 Å². The second-order valence-corrected chi connectivity index (χ2v) is 4.72. The molecular formula is C13H17ClN2O3. The minimum atomic E-state index is -0.597. The van der Waals surface area contributed by atoms with Gasteiger partial charge in [0.15, 0.2) is 0 Å². The number of nitro benzene ring substituents is 1. The van der Waals surface area contributed by atoms with E-state index in [0.717, 1.165) is 12.8 Å². The molecule has 1 N–H and O–H groups in total. The highest BCUT2D eigenvalue weighted by Crippen LogP contribution is 2.25. The number of hydrogen-bond donors (Lipinski definition) is 1. The molecule has 1 aromatic carbocycles. The molecule has 0 saturated carbocycles. The Morgan fingerprint density at radius 3 is 2.58 bits per heavy atom. The number of amides is 1. The molecule has 5 nitrogen and oxygen atoms in total. The van der Waals surface area contributed by atoms with Crippen LogP contribution in [0.2, 0.25) is 5.02 Å². The highest BCUT2D eigenvalue weighted by atomic mass is 35.5. The Morgan fingerprint density at radius 2 is 2.05 bits per heavy atom. The quantitative estimate of drug-likeness (QED) is 0.642. The lowest BCUT2D eigenvalue weighted by Gasteiger charge is -2.13. The Morgan fingerprint density at radius 1 is 1.42 bits per heavy atom. The van der Waals surface area contributed by atoms with Gasteiger partial charge in [-0.2, -0.15) is 0 Å². The minimum absolute atomic E-state index is 0.0292. The number of halogens is 1. The Kier molecular flexibility index (Phi) is 5.76. The molecule has 0 aliphatic carbocycles. The SMILES string of the molecule is CCC(CC)CNC(=O)c1ccc(Cl)c([N+](=O)[O-])c1. The Labute approximate surface area is 117 Å². The molecule has 0 radical (unpaired) electrons. The maximum Gasteiger partial charge on any atom is 0.288 e. The minimum Gasteiger partial charge on any atom is -0.352 e. The van der Waals surface area contributed by atoms with E-state index in [9.17, 15) is 14.9 Å². The normalized spacial score (nSPS) is 10.5. The first-order valence-corrected chi connectivity index (χ1v) is 6.59. The maximum atomic E-state index is 11.9. The molecule has 0 fully saturated rings. The summed E-state index contributed by atoms with van der Waals surface area (Å²) in [6, 6.07) is 4.05. The highest BCUT2D eigenvalue weighted by molar-refractivity contribution is 6.32. The van der Waals surface area contributed by atoms with Gasteiger partial charge in [0, 0.05) is 18.2 Å². The second kappa shape index (κ2) is 7.09. The van der Waals surface area contributed by atoms with Gasteiger partial charge in [-0.05, 0) is 18.1 Å². The van der Waals surface area contributed by atoms with Gasteiger partial charge in [0.2, 0.25) is 0 Å². The zero-order valence-corrected chi connectivity index (χ0v) is 11.7. The Bertz CT molecular complexity index is 473. The van der Waals surface area contributed by atoms with Crippen molar-refractivity contribution in [3.05, 3.63) is 38.9 Å². The molecule has 0 aromatic heterocycles. The molecule has 0 aliphatic rings. The lowest BCUT2D eigenvalue weighted by atomic mass is 10.0. The largest absolute Gasteiger partial charge is 0.352 e. The molecule has 0 spiro atoms. The summed E-state index contributed by atoms with van der Waals surface area (Å²) in [6.07, 6.45) is 1.97. The molecule has 104 valence electrons. The Hall–Kier alpha value is -1.62. The molecule has 1 amide bonds. The summed E-state index contributed by atoms with van der Waals surface area (Å²) in [5, 5.41) is 13.6. The number of carbonyl (C=O) groups is 1. The van der Waals surface area contributed by atoms with Crippen molar-refractivity contribution in [1.29, 1.82) is 0 Å². The third-order valence-electron chi connectivity index (χ3n) is 3.11. The predicted octanol–water partition coefficient (Wildman–Crippen LogP) is 3.41. The molecule has 0 atom stereocenters. The fraction of sp³-hybridized carbons (Fsp3) is 0.462. The summed E-state index contributed by atoms with van der Waals surface area (Å²) >= 11 is 5.69. The van der Waals surface area contributed by atoms with Crippen LogP contribution in [0.4, 0.5) is 5.69 Å². The molecule has 0 bridgehead atoms. The molecule has 0 unspecified atom stereocenters. The van der Waals surface area contributed by atoms with E-state index >= 15 is 0 Å². The topological polar surface area (TPSA) is 72.2 Å². The molecule has 1 aromatic rings. The number of carbonyl (C=O) groups excluding carboxylic acids is 1. The first kappa shape index (κ1) is 15.4. The summed E-state index contributed by atoms with van der Waals surface area (Å²) in [4.78, 5) is 22.0. The van der Waals surface area contributed by atoms with Gasteiger partial charge in [-0.15, -0.1) is 0 Å². The van der Waals surface area contributed by atoms with Crippen molar-refractivity contribution in [1.82, 2.24) is 5.32 Å². The van der Waals surface area contributed by atoms with Crippen LogP contribution in [-0.4, -0.2) is 17.4 Å². The van der Waals surface area contributed by atoms with E-state index in [4.69, 9.17) is 11.6 Å². The molecule has 0 saturated heterocycles. The van der Waals surface area contributed by atoms with E-state index < -0.39 is 4.92 Å². The number of hydrogen-bond acceptors (Lipinski definition) is 3. The van der Waals surface area contributed by atoms with Crippen LogP contribution in [0.5, 0.6) is 0 Å². The zero-order valence-electron chi connectivity index (χ0n) is 11.0. The third-order valence-corrected chi connectivity index (χ3v) is 3.43. The number of nitro groups is 1. The fourth-order valence-electron chi connectivity index (χ4n) is 1.71. The number of nitrogens with one attached hydrogen (secondary N) is 1. The Balaban J connectivity index is 2.77.